The molecule has 20 heavy (non-hydrogen) atoms. The first-order valence-electron chi connectivity index (χ1n) is 6.20. The maximum Gasteiger partial charge on any atom is 0.193 e. The summed E-state index contributed by atoms with van der Waals surface area (Å²) in [6.45, 7) is 0.538. The predicted molar refractivity (Wildman–Crippen MR) is 91.8 cm³/mol. The summed E-state index contributed by atoms with van der Waals surface area (Å²) in [4.78, 5) is 4.47. The van der Waals surface area contributed by atoms with Crippen molar-refractivity contribution in [3.05, 3.63) is 60.2 Å². The molecule has 0 radical (unpaired) electrons. The van der Waals surface area contributed by atoms with Gasteiger partial charge in [-0.2, -0.15) is 0 Å². The van der Waals surface area contributed by atoms with Crippen LogP contribution in [-0.2, 0) is 0 Å². The molecule has 1 aliphatic heterocycles. The van der Waals surface area contributed by atoms with E-state index in [4.69, 9.17) is 10.5 Å². The number of rotatable bonds is 2. The zero-order chi connectivity index (χ0) is 13.1. The summed E-state index contributed by atoms with van der Waals surface area (Å²) >= 11 is 0. The Morgan fingerprint density at radius 3 is 2.60 bits per heavy atom. The van der Waals surface area contributed by atoms with Crippen LogP contribution in [0.2, 0.25) is 0 Å². The van der Waals surface area contributed by atoms with Crippen LogP contribution in [0.4, 0.5) is 5.69 Å². The van der Waals surface area contributed by atoms with Crippen molar-refractivity contribution in [3.63, 3.8) is 0 Å². The summed E-state index contributed by atoms with van der Waals surface area (Å²) in [5, 5.41) is 3.07. The van der Waals surface area contributed by atoms with Gasteiger partial charge in [-0.05, 0) is 18.2 Å². The molecule has 3 rings (SSSR count). The Hall–Kier alpha value is -1.76. The van der Waals surface area contributed by atoms with Gasteiger partial charge < -0.3 is 15.8 Å². The second kappa shape index (κ2) is 6.60. The van der Waals surface area contributed by atoms with Crippen molar-refractivity contribution in [3.8, 4) is 5.75 Å². The lowest BCUT2D eigenvalue weighted by atomic mass is 10.1. The first kappa shape index (κ1) is 14.6. The monoisotopic (exact) mass is 381 g/mol. The molecule has 104 valence electrons. The van der Waals surface area contributed by atoms with Crippen LogP contribution < -0.4 is 15.8 Å². The second-order valence-corrected chi connectivity index (χ2v) is 4.37. The van der Waals surface area contributed by atoms with Gasteiger partial charge in [0.2, 0.25) is 0 Å². The smallest absolute Gasteiger partial charge is 0.193 e. The standard InChI is InChI=1S/C15H15N3O.HI/c16-15(17-11-6-2-1-3-7-11)18-13-10-19-14-9-5-4-8-12(13)14;/h1-9,13H,10H2,(H3,16,17,18);1H. The third kappa shape index (κ3) is 3.22. The summed E-state index contributed by atoms with van der Waals surface area (Å²) in [5.41, 5.74) is 7.94. The molecule has 3 N–H and O–H groups in total. The van der Waals surface area contributed by atoms with Gasteiger partial charge in [0.25, 0.3) is 0 Å². The zero-order valence-corrected chi connectivity index (χ0v) is 13.2. The quantitative estimate of drug-likeness (QED) is 0.477. The van der Waals surface area contributed by atoms with Crippen LogP contribution in [0.5, 0.6) is 5.75 Å². The SMILES string of the molecule is I.NC(=NC1COc2ccccc21)Nc1ccccc1. The van der Waals surface area contributed by atoms with E-state index in [0.29, 0.717) is 12.6 Å². The predicted octanol–water partition coefficient (Wildman–Crippen LogP) is 3.16. The molecular weight excluding hydrogens is 365 g/mol. The molecule has 0 bridgehead atoms. The normalized spacial score (nSPS) is 16.8. The fourth-order valence-corrected chi connectivity index (χ4v) is 2.12. The van der Waals surface area contributed by atoms with E-state index in [0.717, 1.165) is 17.0 Å². The number of hydrogen-bond donors (Lipinski definition) is 2. The molecule has 0 fully saturated rings. The topological polar surface area (TPSA) is 59.6 Å². The lowest BCUT2D eigenvalue weighted by molar-refractivity contribution is 0.334. The van der Waals surface area contributed by atoms with E-state index in [1.165, 1.54) is 0 Å². The maximum absolute atomic E-state index is 5.93. The Morgan fingerprint density at radius 1 is 1.10 bits per heavy atom. The van der Waals surface area contributed by atoms with Crippen LogP contribution in [-0.4, -0.2) is 12.6 Å². The third-order valence-electron chi connectivity index (χ3n) is 3.02. The number of nitrogens with zero attached hydrogens (tertiary/aromatic N) is 1. The van der Waals surface area contributed by atoms with Gasteiger partial charge in [-0.1, -0.05) is 36.4 Å². The van der Waals surface area contributed by atoms with Crippen LogP contribution in [0.3, 0.4) is 0 Å². The number of fused-ring (bicyclic) bond motifs is 1. The highest BCUT2D eigenvalue weighted by Gasteiger charge is 2.23. The fourth-order valence-electron chi connectivity index (χ4n) is 2.12. The fraction of sp³-hybridized carbons (Fsp3) is 0.133. The zero-order valence-electron chi connectivity index (χ0n) is 10.8. The molecule has 0 saturated carbocycles. The molecule has 2 aromatic rings. The van der Waals surface area contributed by atoms with Crippen molar-refractivity contribution in [2.75, 3.05) is 11.9 Å². The molecule has 1 unspecified atom stereocenters. The molecule has 0 aromatic heterocycles. The highest BCUT2D eigenvalue weighted by atomic mass is 127. The molecule has 0 amide bonds. The van der Waals surface area contributed by atoms with Crippen molar-refractivity contribution in [1.82, 2.24) is 0 Å². The van der Waals surface area contributed by atoms with Crippen LogP contribution in [0.25, 0.3) is 0 Å². The van der Waals surface area contributed by atoms with E-state index < -0.39 is 0 Å². The van der Waals surface area contributed by atoms with Gasteiger partial charge in [0.05, 0.1) is 0 Å². The van der Waals surface area contributed by atoms with Gasteiger partial charge in [0.1, 0.15) is 18.4 Å². The molecular formula is C15H16IN3O. The Labute approximate surface area is 135 Å². The second-order valence-electron chi connectivity index (χ2n) is 4.37. The molecule has 0 aliphatic carbocycles. The maximum atomic E-state index is 5.93. The number of hydrogen-bond acceptors (Lipinski definition) is 2. The van der Waals surface area contributed by atoms with Crippen molar-refractivity contribution in [2.24, 2.45) is 10.7 Å². The number of halogens is 1. The van der Waals surface area contributed by atoms with Gasteiger partial charge in [-0.15, -0.1) is 24.0 Å². The lowest BCUT2D eigenvalue weighted by Crippen LogP contribution is -2.23. The van der Waals surface area contributed by atoms with E-state index in [1.54, 1.807) is 0 Å². The first-order chi connectivity index (χ1) is 9.33. The Kier molecular flexibility index (Phi) is 4.84. The Bertz CT molecular complexity index is 601. The van der Waals surface area contributed by atoms with Crippen LogP contribution >= 0.6 is 24.0 Å². The minimum atomic E-state index is -0.0348. The molecule has 1 heterocycles. The minimum absolute atomic E-state index is 0. The van der Waals surface area contributed by atoms with Crippen LogP contribution in [0.15, 0.2) is 59.6 Å². The summed E-state index contributed by atoms with van der Waals surface area (Å²) in [7, 11) is 0. The van der Waals surface area contributed by atoms with E-state index in [9.17, 15) is 0 Å². The summed E-state index contributed by atoms with van der Waals surface area (Å²) < 4.78 is 5.57. The number of aliphatic imine (C=N–C) groups is 1. The first-order valence-corrected chi connectivity index (χ1v) is 6.20. The lowest BCUT2D eigenvalue weighted by Gasteiger charge is -2.08. The van der Waals surface area contributed by atoms with E-state index in [-0.39, 0.29) is 30.0 Å². The average Bonchev–Trinajstić information content (AvgIpc) is 2.83. The van der Waals surface area contributed by atoms with Crippen molar-refractivity contribution in [1.29, 1.82) is 0 Å². The number of para-hydroxylation sites is 2. The Balaban J connectivity index is 0.00000147. The van der Waals surface area contributed by atoms with Gasteiger partial charge in [-0.3, -0.25) is 0 Å². The number of nitrogens with two attached hydrogens (primary N) is 1. The highest BCUT2D eigenvalue weighted by molar-refractivity contribution is 14.0. The van der Waals surface area contributed by atoms with Gasteiger partial charge in [0.15, 0.2) is 5.96 Å². The van der Waals surface area contributed by atoms with Gasteiger partial charge in [0, 0.05) is 11.3 Å². The molecule has 1 aliphatic rings. The minimum Gasteiger partial charge on any atom is -0.491 e. The third-order valence-corrected chi connectivity index (χ3v) is 3.02. The molecule has 0 saturated heterocycles. The summed E-state index contributed by atoms with van der Waals surface area (Å²) in [5.74, 6) is 1.29. The van der Waals surface area contributed by atoms with Gasteiger partial charge in [-0.25, -0.2) is 4.99 Å². The van der Waals surface area contributed by atoms with Crippen molar-refractivity contribution >= 4 is 35.6 Å². The van der Waals surface area contributed by atoms with Crippen molar-refractivity contribution in [2.45, 2.75) is 6.04 Å². The number of benzene rings is 2. The number of nitrogens with one attached hydrogen (secondary N) is 1. The molecule has 0 spiro atoms. The number of ether oxygens (including phenoxy) is 1. The van der Waals surface area contributed by atoms with E-state index in [1.807, 2.05) is 54.6 Å². The van der Waals surface area contributed by atoms with Crippen LogP contribution in [0, 0.1) is 0 Å². The molecule has 4 nitrogen and oxygen atoms in total. The highest BCUT2D eigenvalue weighted by Crippen LogP contribution is 2.34. The van der Waals surface area contributed by atoms with E-state index >= 15 is 0 Å². The van der Waals surface area contributed by atoms with E-state index in [2.05, 4.69) is 10.3 Å². The number of anilines is 1. The van der Waals surface area contributed by atoms with Gasteiger partial charge >= 0.3 is 0 Å². The summed E-state index contributed by atoms with van der Waals surface area (Å²) in [6, 6.07) is 17.6. The number of guanidine groups is 1. The largest absolute Gasteiger partial charge is 0.491 e. The Morgan fingerprint density at radius 2 is 1.80 bits per heavy atom. The average molecular weight is 381 g/mol. The van der Waals surface area contributed by atoms with Crippen LogP contribution in [0.1, 0.15) is 11.6 Å². The summed E-state index contributed by atoms with van der Waals surface area (Å²) in [6.07, 6.45) is 0. The molecule has 1 atom stereocenters. The molecule has 5 heteroatoms. The molecule has 2 aromatic carbocycles. The van der Waals surface area contributed by atoms with Crippen molar-refractivity contribution < 1.29 is 4.74 Å².